The molecule has 0 unspecified atom stereocenters. The second-order valence-electron chi connectivity index (χ2n) is 22.1. The van der Waals surface area contributed by atoms with Gasteiger partial charge in [0.2, 0.25) is 22.1 Å². The third-order valence-electron chi connectivity index (χ3n) is 10.6. The van der Waals surface area contributed by atoms with Crippen molar-refractivity contribution in [3.63, 3.8) is 0 Å². The molecule has 3 aromatic heterocycles. The summed E-state index contributed by atoms with van der Waals surface area (Å²) in [6.45, 7) is 25.9. The Labute approximate surface area is 570 Å². The number of furan rings is 3. The van der Waals surface area contributed by atoms with Crippen LogP contribution in [-0.4, -0.2) is 161 Å². The van der Waals surface area contributed by atoms with Gasteiger partial charge in [-0.1, -0.05) is 31.9 Å². The van der Waals surface area contributed by atoms with Crippen LogP contribution in [0, 0.1) is 0 Å². The molecule has 7 N–H and O–H groups in total. The summed E-state index contributed by atoms with van der Waals surface area (Å²) < 4.78 is 61.0. The summed E-state index contributed by atoms with van der Waals surface area (Å²) in [5, 5.41) is 46.4. The van der Waals surface area contributed by atoms with E-state index < -0.39 is 63.7 Å². The maximum atomic E-state index is 11.7. The van der Waals surface area contributed by atoms with Gasteiger partial charge in [-0.25, -0.2) is 28.8 Å². The lowest BCUT2D eigenvalue weighted by Gasteiger charge is -2.19. The summed E-state index contributed by atoms with van der Waals surface area (Å²) >= 11 is 6.05. The molecule has 0 aliphatic heterocycles. The number of rotatable bonds is 20. The number of alkyl carbamates (subject to hydrolysis) is 3. The Bertz CT molecular complexity index is 3630. The van der Waals surface area contributed by atoms with E-state index in [0.717, 1.165) is 10.7 Å². The minimum absolute atomic E-state index is 0.0279. The Morgan fingerprint density at radius 3 is 1.21 bits per heavy atom. The number of carboxylic acid groups (broad SMARTS) is 1. The van der Waals surface area contributed by atoms with Crippen LogP contribution in [0.25, 0.3) is 32.9 Å². The summed E-state index contributed by atoms with van der Waals surface area (Å²) in [4.78, 5) is 98.6. The largest absolute Gasteiger partial charge is 0.508 e. The normalized spacial score (nSPS) is 10.7. The number of aldehydes is 1. The zero-order chi connectivity index (χ0) is 72.3. The third-order valence-corrected chi connectivity index (χ3v) is 11.7. The number of aromatic hydroxyl groups is 3. The number of carbonyl (C=O) groups excluding carboxylic acids is 8. The fourth-order valence-corrected chi connectivity index (χ4v) is 7.33. The summed E-state index contributed by atoms with van der Waals surface area (Å²) in [6, 6.07) is 23.2. The van der Waals surface area contributed by atoms with Gasteiger partial charge in [0.15, 0.2) is 6.29 Å². The number of aromatic carboxylic acids is 1. The number of esters is 4. The van der Waals surface area contributed by atoms with E-state index in [1.54, 1.807) is 124 Å². The Morgan fingerprint density at radius 1 is 0.490 bits per heavy atom. The standard InChI is InChI=1S/C18H23NO6.C16H19NO6.C11H10O4.C7H14BrNO2.C7H11BrO4.C7H6O3/c1-5-22-16(20)15-11-12-10-13(6-7-14(12)24-15)23-9-8-19-17(21)25-18(2,3)4;1-16(2,3)23-15(20)17-6-7-21-11-4-5-12-10(8-11)9-13(22-12)14(18)19;1-2-14-11(13)10-6-7-5-8(12)3-4-9(7)15-10;1-7(2,3)11-6(10)9-5-4-8;1-3-11-6(9)5(8)7(10)12-4-2;8-4-5-3-6(9)1-2-7(5)10/h6-7,10-11H,5,8-9H2,1-4H3,(H,19,21);4-5,8-9H,6-7H2,1-3H3,(H,17,20)(H,18,19);3-6,12H,2H2,1H3;4-5H2,1-3H3,(H,9,10);5H,3-4H2,1-2H3;1-4,9-10H. The Hall–Kier alpha value is -9.71. The summed E-state index contributed by atoms with van der Waals surface area (Å²) in [7, 11) is 0. The molecule has 0 fully saturated rings. The van der Waals surface area contributed by atoms with Crippen molar-refractivity contribution in [3.8, 4) is 28.7 Å². The molecule has 30 heteroatoms. The van der Waals surface area contributed by atoms with Crippen LogP contribution in [-0.2, 0) is 42.7 Å². The second kappa shape index (κ2) is 41.2. The quantitative estimate of drug-likeness (QED) is 0.00709. The first-order valence-electron chi connectivity index (χ1n) is 29.6. The van der Waals surface area contributed by atoms with Gasteiger partial charge in [0, 0.05) is 28.0 Å². The lowest BCUT2D eigenvalue weighted by molar-refractivity contribution is -0.152. The predicted molar refractivity (Wildman–Crippen MR) is 358 cm³/mol. The lowest BCUT2D eigenvalue weighted by Crippen LogP contribution is -2.34. The number of phenolic OH excluding ortho intramolecular Hbond substituents is 3. The highest BCUT2D eigenvalue weighted by atomic mass is 79.9. The van der Waals surface area contributed by atoms with Gasteiger partial charge in [0.1, 0.15) is 75.5 Å². The molecule has 526 valence electrons. The van der Waals surface area contributed by atoms with Crippen LogP contribution in [0.1, 0.15) is 132 Å². The number of benzene rings is 4. The van der Waals surface area contributed by atoms with E-state index in [1.165, 1.54) is 36.4 Å². The van der Waals surface area contributed by atoms with Gasteiger partial charge in [-0.15, -0.1) is 0 Å². The van der Waals surface area contributed by atoms with Crippen LogP contribution in [0.15, 0.2) is 104 Å². The number of halogens is 2. The molecule has 4 aromatic carbocycles. The molecular weight excluding hydrogens is 1390 g/mol. The van der Waals surface area contributed by atoms with E-state index in [2.05, 4.69) is 57.3 Å². The van der Waals surface area contributed by atoms with Crippen molar-refractivity contribution in [1.29, 1.82) is 0 Å². The average Bonchev–Trinajstić information content (AvgIpc) is 1.71. The maximum absolute atomic E-state index is 11.7. The van der Waals surface area contributed by atoms with Crippen molar-refractivity contribution in [3.05, 3.63) is 114 Å². The number of amides is 3. The molecule has 96 heavy (non-hydrogen) atoms. The van der Waals surface area contributed by atoms with Gasteiger partial charge in [0.25, 0.3) is 0 Å². The number of phenols is 3. The van der Waals surface area contributed by atoms with Gasteiger partial charge in [0.05, 0.1) is 45.1 Å². The van der Waals surface area contributed by atoms with Crippen LogP contribution < -0.4 is 25.4 Å². The molecule has 28 nitrogen and oxygen atoms in total. The van der Waals surface area contributed by atoms with Crippen LogP contribution >= 0.6 is 31.9 Å². The number of carbonyl (C=O) groups is 9. The van der Waals surface area contributed by atoms with E-state index in [0.29, 0.717) is 71.5 Å². The smallest absolute Gasteiger partial charge is 0.407 e. The van der Waals surface area contributed by atoms with Gasteiger partial charge in [-0.3, -0.25) is 14.4 Å². The summed E-state index contributed by atoms with van der Waals surface area (Å²) in [5.74, 6) is -2.00. The topological polar surface area (TPSA) is 393 Å². The van der Waals surface area contributed by atoms with Gasteiger partial charge in [-0.05, 0) is 181 Å². The molecular formula is C66H83Br2N3O25. The fraction of sp³-hybridized carbons (Fsp3) is 0.409. The molecule has 3 heterocycles. The first-order valence-corrected chi connectivity index (χ1v) is 31.6. The van der Waals surface area contributed by atoms with E-state index in [4.69, 9.17) is 61.7 Å². The van der Waals surface area contributed by atoms with E-state index in [9.17, 15) is 48.3 Å². The second-order valence-corrected chi connectivity index (χ2v) is 23.8. The first kappa shape index (κ1) is 82.4. The summed E-state index contributed by atoms with van der Waals surface area (Å²) in [6.07, 6.45) is -0.871. The number of hydrogen-bond donors (Lipinski definition) is 7. The van der Waals surface area contributed by atoms with Crippen LogP contribution in [0.4, 0.5) is 14.4 Å². The first-order chi connectivity index (χ1) is 45.0. The highest BCUT2D eigenvalue weighted by molar-refractivity contribution is 9.10. The number of fused-ring (bicyclic) bond motifs is 3. The zero-order valence-corrected chi connectivity index (χ0v) is 58.7. The molecule has 0 aliphatic carbocycles. The third kappa shape index (κ3) is 32.9. The van der Waals surface area contributed by atoms with Gasteiger partial charge in [-0.2, -0.15) is 0 Å². The number of ether oxygens (including phenoxy) is 9. The Balaban J connectivity index is 0.000000407. The number of nitrogens with one attached hydrogen (secondary N) is 3. The number of hydrogen-bond acceptors (Lipinski definition) is 24. The van der Waals surface area contributed by atoms with E-state index in [1.807, 2.05) is 20.8 Å². The van der Waals surface area contributed by atoms with Gasteiger partial charge < -0.3 is 92.3 Å². The molecule has 0 radical (unpaired) electrons. The Morgan fingerprint density at radius 2 is 0.844 bits per heavy atom. The van der Waals surface area contributed by atoms with Crippen molar-refractivity contribution in [1.82, 2.24) is 16.0 Å². The fourth-order valence-electron chi connectivity index (χ4n) is 6.86. The minimum atomic E-state index is -1.12. The molecule has 0 bridgehead atoms. The van der Waals surface area contributed by atoms with Crippen LogP contribution in [0.3, 0.4) is 0 Å². The van der Waals surface area contributed by atoms with E-state index >= 15 is 0 Å². The van der Waals surface area contributed by atoms with Crippen molar-refractivity contribution in [2.45, 2.75) is 112 Å². The monoisotopic (exact) mass is 1480 g/mol. The molecule has 0 saturated heterocycles. The minimum Gasteiger partial charge on any atom is -0.508 e. The van der Waals surface area contributed by atoms with Crippen molar-refractivity contribution < 1.29 is 119 Å². The summed E-state index contributed by atoms with van der Waals surface area (Å²) in [5.41, 5.74) is 0.211. The lowest BCUT2D eigenvalue weighted by atomic mass is 10.2. The highest BCUT2D eigenvalue weighted by Gasteiger charge is 2.26. The molecule has 7 rings (SSSR count). The molecule has 0 spiro atoms. The van der Waals surface area contributed by atoms with Crippen molar-refractivity contribution in [2.24, 2.45) is 0 Å². The SMILES string of the molecule is CC(C)(C)OC(=O)NCCBr.CC(C)(C)OC(=O)NCCOc1ccc2oc(C(=O)O)cc2c1.CCOC(=O)C(Br)C(=O)OCC.CCOC(=O)c1cc2cc(O)ccc2o1.CCOC(=O)c1cc2cc(OCCNC(=O)OC(C)(C)C)ccc2o1.O=Cc1cc(O)ccc1O. The van der Waals surface area contributed by atoms with Crippen LogP contribution in [0.2, 0.25) is 0 Å². The van der Waals surface area contributed by atoms with Crippen LogP contribution in [0.5, 0.6) is 28.7 Å². The predicted octanol–water partition coefficient (Wildman–Crippen LogP) is 12.6. The maximum Gasteiger partial charge on any atom is 0.407 e. The highest BCUT2D eigenvalue weighted by Crippen LogP contribution is 2.27. The van der Waals surface area contributed by atoms with Crippen molar-refractivity contribution >= 4 is 119 Å². The average molecular weight is 1480 g/mol. The van der Waals surface area contributed by atoms with Gasteiger partial charge >= 0.3 is 48.1 Å². The molecule has 0 aliphatic rings. The molecule has 3 amide bonds. The number of carboxylic acids is 1. The molecule has 0 atom stereocenters. The number of alkyl halides is 2. The zero-order valence-electron chi connectivity index (χ0n) is 55.5. The molecule has 7 aromatic rings. The van der Waals surface area contributed by atoms with Crippen molar-refractivity contribution in [2.75, 3.05) is 64.6 Å². The Kier molecular flexibility index (Phi) is 35.3. The molecule has 0 saturated carbocycles. The van der Waals surface area contributed by atoms with E-state index in [-0.39, 0.29) is 79.2 Å².